The second-order valence-electron chi connectivity index (χ2n) is 6.75. The van der Waals surface area contributed by atoms with Crippen molar-refractivity contribution in [3.8, 4) is 0 Å². The topological polar surface area (TPSA) is 72.4 Å². The van der Waals surface area contributed by atoms with Crippen molar-refractivity contribution < 1.29 is 13.6 Å². The quantitative estimate of drug-likeness (QED) is 0.657. The van der Waals surface area contributed by atoms with Gasteiger partial charge in [-0.25, -0.2) is 9.97 Å². The van der Waals surface area contributed by atoms with Crippen LogP contribution in [-0.2, 0) is 6.42 Å². The summed E-state index contributed by atoms with van der Waals surface area (Å²) in [5.74, 6) is 1.44. The van der Waals surface area contributed by atoms with Gasteiger partial charge in [0.1, 0.15) is 11.8 Å². The third-order valence-corrected chi connectivity index (χ3v) is 5.06. The number of aryl methyl sites for hydroxylation is 1. The molecule has 4 rings (SSSR count). The molecule has 1 aliphatic rings. The predicted molar refractivity (Wildman–Crippen MR) is 99.6 cm³/mol. The molecule has 3 aromatic rings. The van der Waals surface area contributed by atoms with Crippen LogP contribution < -0.4 is 0 Å². The van der Waals surface area contributed by atoms with Gasteiger partial charge in [0.15, 0.2) is 6.39 Å². The summed E-state index contributed by atoms with van der Waals surface area (Å²) in [7, 11) is 0. The van der Waals surface area contributed by atoms with Crippen molar-refractivity contribution >= 4 is 17.5 Å². The average Bonchev–Trinajstić information content (AvgIpc) is 3.30. The van der Waals surface area contributed by atoms with Gasteiger partial charge in [-0.3, -0.25) is 4.79 Å². The Bertz CT molecular complexity index is 949. The van der Waals surface area contributed by atoms with Gasteiger partial charge in [-0.1, -0.05) is 23.7 Å². The standard InChI is InChI=1S/C20H20ClN3O3/c1-13-18(26-12-23-13)20(25)24-8-3-2-7-17(24)19-22-11-16(27-19)10-14-5-4-6-15(21)9-14/h4-6,9,11-12,17H,2-3,7-8,10H2,1H3/t17-/m0/s1. The Morgan fingerprint density at radius 1 is 1.33 bits per heavy atom. The number of likely N-dealkylation sites (tertiary alicyclic amines) is 1. The van der Waals surface area contributed by atoms with E-state index in [9.17, 15) is 4.79 Å². The summed E-state index contributed by atoms with van der Waals surface area (Å²) < 4.78 is 11.3. The molecule has 1 amide bonds. The highest BCUT2D eigenvalue weighted by Crippen LogP contribution is 2.32. The number of carbonyl (C=O) groups excluding carboxylic acids is 1. The maximum atomic E-state index is 12.9. The van der Waals surface area contributed by atoms with E-state index in [2.05, 4.69) is 9.97 Å². The number of piperidine rings is 1. The first-order chi connectivity index (χ1) is 13.1. The maximum Gasteiger partial charge on any atom is 0.292 e. The Morgan fingerprint density at radius 2 is 2.22 bits per heavy atom. The molecule has 1 aromatic carbocycles. The van der Waals surface area contributed by atoms with Gasteiger partial charge in [0.05, 0.1) is 11.9 Å². The second-order valence-corrected chi connectivity index (χ2v) is 7.18. The number of oxazole rings is 2. The van der Waals surface area contributed by atoms with Crippen molar-refractivity contribution in [2.75, 3.05) is 6.54 Å². The molecule has 1 atom stereocenters. The molecule has 140 valence electrons. The Morgan fingerprint density at radius 3 is 3.00 bits per heavy atom. The molecule has 0 saturated carbocycles. The molecule has 0 unspecified atom stereocenters. The highest BCUT2D eigenvalue weighted by molar-refractivity contribution is 6.30. The Kier molecular flexibility index (Phi) is 4.99. The van der Waals surface area contributed by atoms with Crippen molar-refractivity contribution in [3.63, 3.8) is 0 Å². The first-order valence-electron chi connectivity index (χ1n) is 9.02. The van der Waals surface area contributed by atoms with Gasteiger partial charge in [-0.05, 0) is 43.9 Å². The van der Waals surface area contributed by atoms with Crippen molar-refractivity contribution in [2.24, 2.45) is 0 Å². The van der Waals surface area contributed by atoms with Crippen molar-refractivity contribution in [1.82, 2.24) is 14.9 Å². The van der Waals surface area contributed by atoms with Crippen molar-refractivity contribution in [3.05, 3.63) is 70.5 Å². The van der Waals surface area contributed by atoms with Crippen LogP contribution in [0, 0.1) is 6.92 Å². The van der Waals surface area contributed by atoms with E-state index in [1.807, 2.05) is 24.3 Å². The van der Waals surface area contributed by atoms with E-state index in [1.165, 1.54) is 6.39 Å². The number of halogens is 1. The molecule has 27 heavy (non-hydrogen) atoms. The number of rotatable bonds is 4. The summed E-state index contributed by atoms with van der Waals surface area (Å²) in [5.41, 5.74) is 1.65. The van der Waals surface area contributed by atoms with Gasteiger partial charge in [-0.15, -0.1) is 0 Å². The summed E-state index contributed by atoms with van der Waals surface area (Å²) in [6.45, 7) is 2.42. The molecule has 1 fully saturated rings. The molecule has 7 heteroatoms. The third-order valence-electron chi connectivity index (χ3n) is 4.83. The summed E-state index contributed by atoms with van der Waals surface area (Å²) in [4.78, 5) is 23.2. The van der Waals surface area contributed by atoms with E-state index in [4.69, 9.17) is 20.4 Å². The summed E-state index contributed by atoms with van der Waals surface area (Å²) in [5, 5.41) is 0.693. The normalized spacial score (nSPS) is 17.3. The Labute approximate surface area is 162 Å². The fourth-order valence-electron chi connectivity index (χ4n) is 3.48. The number of carbonyl (C=O) groups is 1. The molecular weight excluding hydrogens is 366 g/mol. The lowest BCUT2D eigenvalue weighted by Gasteiger charge is -2.33. The van der Waals surface area contributed by atoms with Crippen LogP contribution >= 0.6 is 11.6 Å². The fourth-order valence-corrected chi connectivity index (χ4v) is 3.69. The van der Waals surface area contributed by atoms with Crippen LogP contribution in [-0.4, -0.2) is 27.3 Å². The fraction of sp³-hybridized carbons (Fsp3) is 0.350. The van der Waals surface area contributed by atoms with Crippen LogP contribution in [0.2, 0.25) is 5.02 Å². The Hall–Kier alpha value is -2.60. The molecule has 3 heterocycles. The lowest BCUT2D eigenvalue weighted by atomic mass is 10.0. The molecule has 2 aromatic heterocycles. The smallest absolute Gasteiger partial charge is 0.292 e. The molecule has 0 N–H and O–H groups in total. The molecule has 0 radical (unpaired) electrons. The summed E-state index contributed by atoms with van der Waals surface area (Å²) >= 11 is 6.05. The van der Waals surface area contributed by atoms with Gasteiger partial charge in [-0.2, -0.15) is 0 Å². The third kappa shape index (κ3) is 3.76. The van der Waals surface area contributed by atoms with Crippen LogP contribution in [0.4, 0.5) is 0 Å². The van der Waals surface area contributed by atoms with Gasteiger partial charge in [0.2, 0.25) is 11.7 Å². The molecule has 1 saturated heterocycles. The molecule has 0 bridgehead atoms. The summed E-state index contributed by atoms with van der Waals surface area (Å²) in [6, 6.07) is 7.47. The zero-order chi connectivity index (χ0) is 18.8. The van der Waals surface area contributed by atoms with Crippen LogP contribution in [0.5, 0.6) is 0 Å². The van der Waals surface area contributed by atoms with Gasteiger partial charge in [0.25, 0.3) is 5.91 Å². The van der Waals surface area contributed by atoms with Crippen LogP contribution in [0.15, 0.2) is 45.7 Å². The first kappa shape index (κ1) is 17.8. The minimum Gasteiger partial charge on any atom is -0.443 e. The number of hydrogen-bond acceptors (Lipinski definition) is 5. The lowest BCUT2D eigenvalue weighted by molar-refractivity contribution is 0.0537. The van der Waals surface area contributed by atoms with Crippen molar-refractivity contribution in [1.29, 1.82) is 0 Å². The van der Waals surface area contributed by atoms with E-state index in [0.717, 1.165) is 30.6 Å². The van der Waals surface area contributed by atoms with Crippen LogP contribution in [0.1, 0.15) is 58.8 Å². The average molecular weight is 386 g/mol. The lowest BCUT2D eigenvalue weighted by Crippen LogP contribution is -2.38. The number of aromatic nitrogens is 2. The predicted octanol–water partition coefficient (Wildman–Crippen LogP) is 4.58. The maximum absolute atomic E-state index is 12.9. The van der Waals surface area contributed by atoms with E-state index < -0.39 is 0 Å². The highest BCUT2D eigenvalue weighted by atomic mass is 35.5. The minimum atomic E-state index is -0.191. The highest BCUT2D eigenvalue weighted by Gasteiger charge is 2.34. The molecule has 0 aliphatic carbocycles. The minimum absolute atomic E-state index is 0.163. The number of hydrogen-bond donors (Lipinski definition) is 0. The number of amides is 1. The molecule has 1 aliphatic heterocycles. The van der Waals surface area contributed by atoms with Crippen LogP contribution in [0.25, 0.3) is 0 Å². The van der Waals surface area contributed by atoms with E-state index >= 15 is 0 Å². The van der Waals surface area contributed by atoms with Crippen molar-refractivity contribution in [2.45, 2.75) is 38.6 Å². The van der Waals surface area contributed by atoms with E-state index in [-0.39, 0.29) is 17.7 Å². The van der Waals surface area contributed by atoms with Gasteiger partial charge < -0.3 is 13.7 Å². The second kappa shape index (κ2) is 7.56. The number of nitrogens with zero attached hydrogens (tertiary/aromatic N) is 3. The largest absolute Gasteiger partial charge is 0.443 e. The first-order valence-corrected chi connectivity index (χ1v) is 9.39. The van der Waals surface area contributed by atoms with Crippen LogP contribution in [0.3, 0.4) is 0 Å². The number of benzene rings is 1. The molecule has 0 spiro atoms. The zero-order valence-corrected chi connectivity index (χ0v) is 15.8. The van der Waals surface area contributed by atoms with Gasteiger partial charge >= 0.3 is 0 Å². The Balaban J connectivity index is 1.55. The SMILES string of the molecule is Cc1ncoc1C(=O)N1CCCC[C@H]1c1ncc(Cc2cccc(Cl)c2)o1. The summed E-state index contributed by atoms with van der Waals surface area (Å²) in [6.07, 6.45) is 6.43. The zero-order valence-electron chi connectivity index (χ0n) is 15.0. The van der Waals surface area contributed by atoms with Gasteiger partial charge in [0, 0.05) is 18.0 Å². The molecular formula is C20H20ClN3O3. The van der Waals surface area contributed by atoms with E-state index in [1.54, 1.807) is 18.0 Å². The van der Waals surface area contributed by atoms with E-state index in [0.29, 0.717) is 29.6 Å². The molecule has 6 nitrogen and oxygen atoms in total. The monoisotopic (exact) mass is 385 g/mol.